The lowest BCUT2D eigenvalue weighted by atomic mass is 10.1. The summed E-state index contributed by atoms with van der Waals surface area (Å²) < 4.78 is 27.7. The van der Waals surface area contributed by atoms with E-state index in [1.165, 1.54) is 6.07 Å². The number of carbonyl (C=O) groups is 1. The smallest absolute Gasteiger partial charge is 0.345 e. The van der Waals surface area contributed by atoms with Crippen LogP contribution in [0.5, 0.6) is 5.75 Å². The van der Waals surface area contributed by atoms with Gasteiger partial charge in [-0.25, -0.2) is 18.4 Å². The van der Waals surface area contributed by atoms with Gasteiger partial charge in [-0.05, 0) is 6.07 Å². The Labute approximate surface area is 112 Å². The Morgan fingerprint density at radius 2 is 2.06 bits per heavy atom. The van der Waals surface area contributed by atoms with Crippen LogP contribution in [-0.4, -0.2) is 25.6 Å². The van der Waals surface area contributed by atoms with Crippen molar-refractivity contribution >= 4 is 39.2 Å². The minimum atomic E-state index is -4.03. The third-order valence-electron chi connectivity index (χ3n) is 2.45. The number of rotatable bonds is 2. The van der Waals surface area contributed by atoms with Crippen LogP contribution in [0.3, 0.4) is 0 Å². The van der Waals surface area contributed by atoms with Crippen molar-refractivity contribution in [3.8, 4) is 5.75 Å². The molecule has 1 aromatic rings. The number of primary sulfonamides is 1. The van der Waals surface area contributed by atoms with Crippen LogP contribution in [0.15, 0.2) is 11.0 Å². The topological polar surface area (TPSA) is 107 Å². The maximum Gasteiger partial charge on any atom is 0.345 e. The van der Waals surface area contributed by atoms with Gasteiger partial charge in [0, 0.05) is 12.0 Å². The summed E-state index contributed by atoms with van der Waals surface area (Å²) in [5.74, 6) is -1.09. The SMILES string of the molecule is NS(=O)(=O)c1cc2c(c(Cl)c1Cl)OC(C(=O)O)C2. The number of benzene rings is 1. The van der Waals surface area contributed by atoms with Gasteiger partial charge >= 0.3 is 5.97 Å². The van der Waals surface area contributed by atoms with Crippen LogP contribution in [0.25, 0.3) is 0 Å². The van der Waals surface area contributed by atoms with Crippen molar-refractivity contribution in [2.75, 3.05) is 0 Å². The Morgan fingerprint density at radius 1 is 1.44 bits per heavy atom. The number of carboxylic acid groups (broad SMARTS) is 1. The van der Waals surface area contributed by atoms with E-state index in [-0.39, 0.29) is 27.1 Å². The molecule has 0 aliphatic carbocycles. The molecule has 0 amide bonds. The van der Waals surface area contributed by atoms with Gasteiger partial charge in [0.2, 0.25) is 10.0 Å². The van der Waals surface area contributed by atoms with Gasteiger partial charge < -0.3 is 9.84 Å². The van der Waals surface area contributed by atoms with E-state index in [0.717, 1.165) is 0 Å². The molecule has 1 aromatic carbocycles. The number of hydrogen-bond donors (Lipinski definition) is 2. The molecule has 0 fully saturated rings. The summed E-state index contributed by atoms with van der Waals surface area (Å²) in [4.78, 5) is 10.5. The fraction of sp³-hybridized carbons (Fsp3) is 0.222. The Kier molecular flexibility index (Phi) is 3.18. The Balaban J connectivity index is 2.60. The van der Waals surface area contributed by atoms with Crippen molar-refractivity contribution in [1.29, 1.82) is 0 Å². The van der Waals surface area contributed by atoms with Crippen molar-refractivity contribution in [2.45, 2.75) is 17.4 Å². The Hall–Kier alpha value is -1.02. The molecule has 9 heteroatoms. The van der Waals surface area contributed by atoms with Gasteiger partial charge in [-0.15, -0.1) is 0 Å². The van der Waals surface area contributed by atoms with Crippen LogP contribution in [0.2, 0.25) is 10.0 Å². The van der Waals surface area contributed by atoms with Crippen LogP contribution < -0.4 is 9.88 Å². The van der Waals surface area contributed by atoms with Crippen molar-refractivity contribution < 1.29 is 23.1 Å². The van der Waals surface area contributed by atoms with E-state index in [0.29, 0.717) is 5.56 Å². The average Bonchev–Trinajstić information content (AvgIpc) is 2.65. The zero-order valence-electron chi connectivity index (χ0n) is 8.68. The second kappa shape index (κ2) is 4.27. The maximum absolute atomic E-state index is 11.3. The van der Waals surface area contributed by atoms with Gasteiger partial charge in [-0.3, -0.25) is 0 Å². The highest BCUT2D eigenvalue weighted by atomic mass is 35.5. The molecule has 18 heavy (non-hydrogen) atoms. The van der Waals surface area contributed by atoms with Crippen LogP contribution in [-0.2, 0) is 21.2 Å². The number of halogens is 2. The first-order valence-electron chi connectivity index (χ1n) is 4.65. The van der Waals surface area contributed by atoms with Gasteiger partial charge in [-0.1, -0.05) is 23.2 Å². The standard InChI is InChI=1S/C9H7Cl2NO5S/c10-6-5(18(12,15)16)2-3-1-4(9(13)14)17-8(3)7(6)11/h2,4H,1H2,(H,13,14)(H2,12,15,16). The van der Waals surface area contributed by atoms with E-state index >= 15 is 0 Å². The summed E-state index contributed by atoms with van der Waals surface area (Å²) in [6, 6.07) is 1.18. The minimum Gasteiger partial charge on any atom is -0.478 e. The molecule has 3 N–H and O–H groups in total. The number of carboxylic acids is 1. The Morgan fingerprint density at radius 3 is 2.56 bits per heavy atom. The predicted molar refractivity (Wildman–Crippen MR) is 63.6 cm³/mol. The van der Waals surface area contributed by atoms with E-state index < -0.39 is 22.1 Å². The molecule has 98 valence electrons. The summed E-state index contributed by atoms with van der Waals surface area (Å²) in [6.45, 7) is 0. The van der Waals surface area contributed by atoms with E-state index in [9.17, 15) is 13.2 Å². The normalized spacial score (nSPS) is 18.3. The molecule has 6 nitrogen and oxygen atoms in total. The molecule has 1 heterocycles. The van der Waals surface area contributed by atoms with Crippen molar-refractivity contribution in [3.63, 3.8) is 0 Å². The number of sulfonamides is 1. The van der Waals surface area contributed by atoms with Crippen LogP contribution in [0.1, 0.15) is 5.56 Å². The molecule has 0 saturated carbocycles. The molecule has 1 aliphatic heterocycles. The summed E-state index contributed by atoms with van der Waals surface area (Å²) in [5.41, 5.74) is 0.348. The lowest BCUT2D eigenvalue weighted by Crippen LogP contribution is -2.24. The number of nitrogens with two attached hydrogens (primary N) is 1. The predicted octanol–water partition coefficient (Wildman–Crippen LogP) is 1.03. The molecule has 0 bridgehead atoms. The fourth-order valence-electron chi connectivity index (χ4n) is 1.64. The molecule has 2 rings (SSSR count). The molecular formula is C9H7Cl2NO5S. The second-order valence-electron chi connectivity index (χ2n) is 3.68. The summed E-state index contributed by atoms with van der Waals surface area (Å²) >= 11 is 11.6. The zero-order valence-corrected chi connectivity index (χ0v) is 11.0. The molecule has 1 unspecified atom stereocenters. The summed E-state index contributed by atoms with van der Waals surface area (Å²) in [5, 5.41) is 13.4. The molecule has 0 saturated heterocycles. The Bertz CT molecular complexity index is 643. The second-order valence-corrected chi connectivity index (χ2v) is 5.97. The molecular weight excluding hydrogens is 305 g/mol. The first kappa shape index (κ1) is 13.4. The molecule has 0 spiro atoms. The average molecular weight is 312 g/mol. The lowest BCUT2D eigenvalue weighted by molar-refractivity contribution is -0.144. The largest absolute Gasteiger partial charge is 0.478 e. The van der Waals surface area contributed by atoms with Gasteiger partial charge in [0.1, 0.15) is 15.7 Å². The van der Waals surface area contributed by atoms with Crippen molar-refractivity contribution in [1.82, 2.24) is 0 Å². The first-order chi connectivity index (χ1) is 8.21. The number of fused-ring (bicyclic) bond motifs is 1. The van der Waals surface area contributed by atoms with E-state index in [1.54, 1.807) is 0 Å². The van der Waals surface area contributed by atoms with Crippen molar-refractivity contribution in [3.05, 3.63) is 21.7 Å². The van der Waals surface area contributed by atoms with E-state index in [1.807, 2.05) is 0 Å². The van der Waals surface area contributed by atoms with Crippen LogP contribution in [0, 0.1) is 0 Å². The monoisotopic (exact) mass is 311 g/mol. The van der Waals surface area contributed by atoms with Gasteiger partial charge in [-0.2, -0.15) is 0 Å². The molecule has 0 radical (unpaired) electrons. The third kappa shape index (κ3) is 2.14. The van der Waals surface area contributed by atoms with Gasteiger partial charge in [0.05, 0.1) is 5.02 Å². The highest BCUT2D eigenvalue weighted by Gasteiger charge is 2.33. The summed E-state index contributed by atoms with van der Waals surface area (Å²) in [6.07, 6.45) is -1.10. The third-order valence-corrected chi connectivity index (χ3v) is 4.35. The van der Waals surface area contributed by atoms with Gasteiger partial charge in [0.15, 0.2) is 6.10 Å². The maximum atomic E-state index is 11.3. The van der Waals surface area contributed by atoms with Crippen molar-refractivity contribution in [2.24, 2.45) is 5.14 Å². The molecule has 1 aliphatic rings. The first-order valence-corrected chi connectivity index (χ1v) is 6.95. The van der Waals surface area contributed by atoms with Crippen LogP contribution >= 0.6 is 23.2 Å². The van der Waals surface area contributed by atoms with E-state index in [2.05, 4.69) is 0 Å². The van der Waals surface area contributed by atoms with Crippen LogP contribution in [0.4, 0.5) is 0 Å². The van der Waals surface area contributed by atoms with E-state index in [4.69, 9.17) is 38.2 Å². The zero-order chi connectivity index (χ0) is 13.7. The quantitative estimate of drug-likeness (QED) is 0.848. The number of ether oxygens (including phenoxy) is 1. The molecule has 1 atom stereocenters. The fourth-order valence-corrected chi connectivity index (χ4v) is 3.09. The summed E-state index contributed by atoms with van der Waals surface area (Å²) in [7, 11) is -4.03. The number of aliphatic carboxylic acids is 1. The number of hydrogen-bond acceptors (Lipinski definition) is 4. The highest BCUT2D eigenvalue weighted by Crippen LogP contribution is 2.43. The highest BCUT2D eigenvalue weighted by molar-refractivity contribution is 7.89. The minimum absolute atomic E-state index is 0.00404. The molecule has 0 aromatic heterocycles. The van der Waals surface area contributed by atoms with Gasteiger partial charge in [0.25, 0.3) is 0 Å². The lowest BCUT2D eigenvalue weighted by Gasteiger charge is -2.08.